The molecule has 0 aliphatic carbocycles. The van der Waals surface area contributed by atoms with Crippen LogP contribution in [-0.2, 0) is 9.59 Å². The summed E-state index contributed by atoms with van der Waals surface area (Å²) in [5, 5.41) is 0. The third kappa shape index (κ3) is 3.97. The van der Waals surface area contributed by atoms with E-state index < -0.39 is 11.8 Å². The predicted molar refractivity (Wildman–Crippen MR) is 109 cm³/mol. The summed E-state index contributed by atoms with van der Waals surface area (Å²) in [5.41, 5.74) is 4.51. The lowest BCUT2D eigenvalue weighted by Crippen LogP contribution is -2.53. The van der Waals surface area contributed by atoms with Gasteiger partial charge in [0, 0.05) is 44.1 Å². The first-order valence-electron chi connectivity index (χ1n) is 9.50. The van der Waals surface area contributed by atoms with Crippen LogP contribution in [0.1, 0.15) is 18.1 Å². The summed E-state index contributed by atoms with van der Waals surface area (Å²) >= 11 is 0. The molecule has 0 atom stereocenters. The first kappa shape index (κ1) is 19.0. The number of rotatable bonds is 3. The van der Waals surface area contributed by atoms with Gasteiger partial charge in [0.1, 0.15) is 0 Å². The Labute approximate surface area is 161 Å². The van der Waals surface area contributed by atoms with Crippen LogP contribution in [0, 0.1) is 13.8 Å². The number of para-hydroxylation sites is 1. The lowest BCUT2D eigenvalue weighted by Gasteiger charge is -2.37. The summed E-state index contributed by atoms with van der Waals surface area (Å²) in [4.78, 5) is 31.0. The molecule has 5 nitrogen and oxygen atoms in total. The zero-order chi connectivity index (χ0) is 19.4. The third-order valence-corrected chi connectivity index (χ3v) is 5.30. The van der Waals surface area contributed by atoms with Crippen molar-refractivity contribution in [2.75, 3.05) is 42.5 Å². The molecular weight excluding hydrogens is 338 g/mol. The van der Waals surface area contributed by atoms with E-state index in [1.165, 1.54) is 16.8 Å². The van der Waals surface area contributed by atoms with E-state index in [9.17, 15) is 9.59 Å². The molecule has 1 saturated heterocycles. The molecule has 2 aromatic carbocycles. The largest absolute Gasteiger partial charge is 0.368 e. The maximum atomic E-state index is 12.8. The molecule has 0 radical (unpaired) electrons. The van der Waals surface area contributed by atoms with E-state index in [-0.39, 0.29) is 0 Å². The summed E-state index contributed by atoms with van der Waals surface area (Å²) in [7, 11) is 0. The molecule has 3 rings (SSSR count). The number of benzene rings is 2. The Hall–Kier alpha value is -2.82. The van der Waals surface area contributed by atoms with E-state index in [4.69, 9.17) is 0 Å². The van der Waals surface area contributed by atoms with Gasteiger partial charge < -0.3 is 14.7 Å². The number of piperazine rings is 1. The fourth-order valence-electron chi connectivity index (χ4n) is 3.53. The zero-order valence-corrected chi connectivity index (χ0v) is 16.3. The van der Waals surface area contributed by atoms with Crippen LogP contribution >= 0.6 is 0 Å². The van der Waals surface area contributed by atoms with E-state index in [1.807, 2.05) is 37.3 Å². The van der Waals surface area contributed by atoms with Crippen LogP contribution in [0.5, 0.6) is 0 Å². The minimum absolute atomic E-state index is 0.415. The Morgan fingerprint density at radius 3 is 2.22 bits per heavy atom. The Balaban J connectivity index is 1.66. The number of hydrogen-bond acceptors (Lipinski definition) is 3. The summed E-state index contributed by atoms with van der Waals surface area (Å²) < 4.78 is 0. The molecule has 0 saturated carbocycles. The molecule has 5 heteroatoms. The SMILES string of the molecule is CCN(C(=O)C(=O)N1CCN(c2cccc(C)c2C)CC1)c1ccccc1. The standard InChI is InChI=1S/C22H27N3O2/c1-4-25(19-10-6-5-7-11-19)22(27)21(26)24-15-13-23(14-16-24)20-12-8-9-17(2)18(20)3/h5-12H,4,13-16H2,1-3H3. The maximum Gasteiger partial charge on any atom is 0.316 e. The Kier molecular flexibility index (Phi) is 5.79. The van der Waals surface area contributed by atoms with Gasteiger partial charge in [0.15, 0.2) is 0 Å². The molecular formula is C22H27N3O2. The molecule has 142 valence electrons. The van der Waals surface area contributed by atoms with Crippen molar-refractivity contribution in [3.8, 4) is 0 Å². The highest BCUT2D eigenvalue weighted by atomic mass is 16.2. The van der Waals surface area contributed by atoms with E-state index >= 15 is 0 Å². The fraction of sp³-hybridized carbons (Fsp3) is 0.364. The number of carbonyl (C=O) groups is 2. The van der Waals surface area contributed by atoms with E-state index in [2.05, 4.69) is 36.9 Å². The van der Waals surface area contributed by atoms with Crippen LogP contribution in [0.2, 0.25) is 0 Å². The van der Waals surface area contributed by atoms with Crippen molar-refractivity contribution in [2.24, 2.45) is 0 Å². The van der Waals surface area contributed by atoms with Crippen molar-refractivity contribution in [1.29, 1.82) is 0 Å². The number of likely N-dealkylation sites (N-methyl/N-ethyl adjacent to an activating group) is 1. The van der Waals surface area contributed by atoms with Gasteiger partial charge in [-0.2, -0.15) is 0 Å². The third-order valence-electron chi connectivity index (χ3n) is 5.30. The number of carbonyl (C=O) groups excluding carboxylic acids is 2. The fourth-order valence-corrected chi connectivity index (χ4v) is 3.53. The minimum atomic E-state index is -0.455. The molecule has 27 heavy (non-hydrogen) atoms. The molecule has 1 fully saturated rings. The first-order chi connectivity index (χ1) is 13.0. The predicted octanol–water partition coefficient (Wildman–Crippen LogP) is 3.01. The quantitative estimate of drug-likeness (QED) is 0.786. The van der Waals surface area contributed by atoms with Gasteiger partial charge in [-0.25, -0.2) is 0 Å². The Morgan fingerprint density at radius 1 is 0.926 bits per heavy atom. The van der Waals surface area contributed by atoms with Crippen LogP contribution in [0.15, 0.2) is 48.5 Å². The Bertz CT molecular complexity index is 812. The van der Waals surface area contributed by atoms with Crippen LogP contribution < -0.4 is 9.80 Å². The van der Waals surface area contributed by atoms with Crippen LogP contribution in [0.3, 0.4) is 0 Å². The minimum Gasteiger partial charge on any atom is -0.368 e. The van der Waals surface area contributed by atoms with E-state index in [1.54, 1.807) is 9.80 Å². The van der Waals surface area contributed by atoms with Gasteiger partial charge in [0.25, 0.3) is 0 Å². The molecule has 1 aliphatic rings. The number of hydrogen-bond donors (Lipinski definition) is 0. The second-order valence-corrected chi connectivity index (χ2v) is 6.88. The van der Waals surface area contributed by atoms with E-state index in [0.717, 1.165) is 18.8 Å². The average molecular weight is 365 g/mol. The second kappa shape index (κ2) is 8.25. The van der Waals surface area contributed by atoms with Crippen molar-refractivity contribution in [2.45, 2.75) is 20.8 Å². The second-order valence-electron chi connectivity index (χ2n) is 6.88. The van der Waals surface area contributed by atoms with Crippen molar-refractivity contribution in [3.63, 3.8) is 0 Å². The number of amides is 2. The highest BCUT2D eigenvalue weighted by Gasteiger charge is 2.30. The molecule has 2 amide bonds. The maximum absolute atomic E-state index is 12.8. The molecule has 1 heterocycles. The lowest BCUT2D eigenvalue weighted by molar-refractivity contribution is -0.144. The van der Waals surface area contributed by atoms with Gasteiger partial charge >= 0.3 is 11.8 Å². The van der Waals surface area contributed by atoms with Crippen molar-refractivity contribution in [1.82, 2.24) is 4.90 Å². The molecule has 0 spiro atoms. The highest BCUT2D eigenvalue weighted by Crippen LogP contribution is 2.24. The smallest absolute Gasteiger partial charge is 0.316 e. The van der Waals surface area contributed by atoms with Gasteiger partial charge in [0.05, 0.1) is 0 Å². The molecule has 0 unspecified atom stereocenters. The summed E-state index contributed by atoms with van der Waals surface area (Å²) in [6.07, 6.45) is 0. The van der Waals surface area contributed by atoms with Crippen molar-refractivity contribution >= 4 is 23.2 Å². The molecule has 0 aromatic heterocycles. The van der Waals surface area contributed by atoms with Crippen LogP contribution in [0.4, 0.5) is 11.4 Å². The lowest BCUT2D eigenvalue weighted by atomic mass is 10.1. The van der Waals surface area contributed by atoms with Gasteiger partial charge in [-0.3, -0.25) is 9.59 Å². The molecule has 0 N–H and O–H groups in total. The van der Waals surface area contributed by atoms with Gasteiger partial charge in [-0.15, -0.1) is 0 Å². The highest BCUT2D eigenvalue weighted by molar-refractivity contribution is 6.40. The van der Waals surface area contributed by atoms with E-state index in [0.29, 0.717) is 19.6 Å². The normalized spacial score (nSPS) is 14.2. The summed E-state index contributed by atoms with van der Waals surface area (Å²) in [5.74, 6) is -0.870. The van der Waals surface area contributed by atoms with Crippen molar-refractivity contribution < 1.29 is 9.59 Å². The van der Waals surface area contributed by atoms with Gasteiger partial charge in [-0.1, -0.05) is 30.3 Å². The van der Waals surface area contributed by atoms with Gasteiger partial charge in [-0.05, 0) is 50.1 Å². The summed E-state index contributed by atoms with van der Waals surface area (Å²) in [6.45, 7) is 9.19. The van der Waals surface area contributed by atoms with Gasteiger partial charge in [0.2, 0.25) is 0 Å². The van der Waals surface area contributed by atoms with Crippen LogP contribution in [0.25, 0.3) is 0 Å². The molecule has 0 bridgehead atoms. The summed E-state index contributed by atoms with van der Waals surface area (Å²) in [6, 6.07) is 15.7. The molecule has 1 aliphatic heterocycles. The average Bonchev–Trinajstić information content (AvgIpc) is 2.71. The number of anilines is 2. The Morgan fingerprint density at radius 2 is 1.59 bits per heavy atom. The number of aryl methyl sites for hydroxylation is 1. The van der Waals surface area contributed by atoms with Crippen LogP contribution in [-0.4, -0.2) is 49.4 Å². The molecule has 2 aromatic rings. The topological polar surface area (TPSA) is 43.9 Å². The van der Waals surface area contributed by atoms with Crippen molar-refractivity contribution in [3.05, 3.63) is 59.7 Å². The first-order valence-corrected chi connectivity index (χ1v) is 9.50. The zero-order valence-electron chi connectivity index (χ0n) is 16.3. The monoisotopic (exact) mass is 365 g/mol. The number of nitrogens with zero attached hydrogens (tertiary/aromatic N) is 3.